The lowest BCUT2D eigenvalue weighted by Gasteiger charge is -2.00. The molecule has 1 aromatic rings. The Morgan fingerprint density at radius 2 is 2.40 bits per heavy atom. The van der Waals surface area contributed by atoms with Gasteiger partial charge in [-0.05, 0) is 18.6 Å². The third-order valence-corrected chi connectivity index (χ3v) is 1.61. The summed E-state index contributed by atoms with van der Waals surface area (Å²) in [6.45, 7) is -1.85. The van der Waals surface area contributed by atoms with Gasteiger partial charge in [-0.1, -0.05) is 29.8 Å². The maximum absolute atomic E-state index is 6.93. The molecule has 0 saturated carbocycles. The highest BCUT2D eigenvalue weighted by Gasteiger charge is 1.94. The van der Waals surface area contributed by atoms with E-state index in [1.54, 1.807) is 18.2 Å². The SMILES string of the molecule is [2H]C([2H])([2H])NCc1ccccc1Cl. The molecule has 10 heavy (non-hydrogen) atoms. The predicted octanol–water partition coefficient (Wildman–Crippen LogP) is 2.06. The molecule has 0 aliphatic rings. The van der Waals surface area contributed by atoms with Crippen LogP contribution in [0.5, 0.6) is 0 Å². The van der Waals surface area contributed by atoms with Gasteiger partial charge in [0.15, 0.2) is 0 Å². The lowest BCUT2D eigenvalue weighted by Crippen LogP contribution is -2.04. The maximum Gasteiger partial charge on any atom is 0.0450 e. The number of rotatable bonds is 2. The summed E-state index contributed by atoms with van der Waals surface area (Å²) in [5.74, 6) is 0. The Hall–Kier alpha value is -0.530. The van der Waals surface area contributed by atoms with Gasteiger partial charge < -0.3 is 5.32 Å². The van der Waals surface area contributed by atoms with Crippen LogP contribution in [0.2, 0.25) is 5.02 Å². The average Bonchev–Trinajstić information content (AvgIpc) is 2.01. The van der Waals surface area contributed by atoms with Crippen LogP contribution in [0.1, 0.15) is 9.68 Å². The second-order valence-electron chi connectivity index (χ2n) is 1.94. The fraction of sp³-hybridized carbons (Fsp3) is 0.250. The molecule has 1 N–H and O–H groups in total. The third-order valence-electron chi connectivity index (χ3n) is 1.24. The Morgan fingerprint density at radius 3 is 3.10 bits per heavy atom. The van der Waals surface area contributed by atoms with E-state index in [9.17, 15) is 0 Å². The summed E-state index contributed by atoms with van der Waals surface area (Å²) in [7, 11) is 0. The minimum Gasteiger partial charge on any atom is -0.316 e. The molecule has 0 amide bonds. The fourth-order valence-corrected chi connectivity index (χ4v) is 0.940. The number of benzene rings is 1. The van der Waals surface area contributed by atoms with E-state index in [4.69, 9.17) is 15.7 Å². The van der Waals surface area contributed by atoms with Crippen molar-refractivity contribution in [2.75, 3.05) is 6.98 Å². The molecule has 1 nitrogen and oxygen atoms in total. The van der Waals surface area contributed by atoms with Crippen LogP contribution in [0.3, 0.4) is 0 Å². The molecule has 0 unspecified atom stereocenters. The topological polar surface area (TPSA) is 12.0 Å². The van der Waals surface area contributed by atoms with Gasteiger partial charge >= 0.3 is 0 Å². The molecule has 0 atom stereocenters. The van der Waals surface area contributed by atoms with Gasteiger partial charge in [0.05, 0.1) is 0 Å². The lowest BCUT2D eigenvalue weighted by atomic mass is 10.2. The summed E-state index contributed by atoms with van der Waals surface area (Å²) in [4.78, 5) is 0. The molecule has 1 rings (SSSR count). The van der Waals surface area contributed by atoms with Gasteiger partial charge in [0.25, 0.3) is 0 Å². The van der Waals surface area contributed by atoms with Crippen molar-refractivity contribution < 1.29 is 4.11 Å². The monoisotopic (exact) mass is 158 g/mol. The summed E-state index contributed by atoms with van der Waals surface area (Å²) >= 11 is 5.83. The molecule has 0 heterocycles. The van der Waals surface area contributed by atoms with E-state index in [2.05, 4.69) is 5.32 Å². The van der Waals surface area contributed by atoms with E-state index in [1.165, 1.54) is 0 Å². The summed E-state index contributed by atoms with van der Waals surface area (Å²) in [5, 5.41) is 2.98. The molecular weight excluding hydrogens is 146 g/mol. The first-order valence-corrected chi connectivity index (χ1v) is 3.35. The molecular formula is C8H10ClN. The first-order chi connectivity index (χ1) is 5.99. The molecule has 0 saturated heterocycles. The molecule has 0 aliphatic carbocycles. The summed E-state index contributed by atoms with van der Waals surface area (Å²) in [5.41, 5.74) is 0.792. The number of hydrogen-bond donors (Lipinski definition) is 1. The zero-order chi connectivity index (χ0) is 9.90. The first kappa shape index (κ1) is 4.37. The molecule has 0 aliphatic heterocycles. The molecule has 0 radical (unpaired) electrons. The lowest BCUT2D eigenvalue weighted by molar-refractivity contribution is 0.818. The Balaban J connectivity index is 2.60. The fourth-order valence-electron chi connectivity index (χ4n) is 0.737. The number of nitrogens with one attached hydrogen (secondary N) is 1. The van der Waals surface area contributed by atoms with Gasteiger partial charge in [0.1, 0.15) is 0 Å². The van der Waals surface area contributed by atoms with Crippen molar-refractivity contribution >= 4 is 11.6 Å². The predicted molar refractivity (Wildman–Crippen MR) is 44.2 cm³/mol. The molecule has 0 aromatic heterocycles. The average molecular weight is 159 g/mol. The first-order valence-electron chi connectivity index (χ1n) is 4.47. The van der Waals surface area contributed by atoms with Crippen molar-refractivity contribution in [3.63, 3.8) is 0 Å². The summed E-state index contributed by atoms with van der Waals surface area (Å²) in [6.07, 6.45) is 0. The van der Waals surface area contributed by atoms with Crippen LogP contribution in [0, 0.1) is 0 Å². The van der Waals surface area contributed by atoms with Crippen LogP contribution in [0.15, 0.2) is 24.3 Å². The van der Waals surface area contributed by atoms with Crippen molar-refractivity contribution in [1.29, 1.82) is 0 Å². The Bertz CT molecular complexity index is 285. The minimum absolute atomic E-state index is 0.260. The smallest absolute Gasteiger partial charge is 0.0450 e. The van der Waals surface area contributed by atoms with Crippen LogP contribution >= 0.6 is 11.6 Å². The van der Waals surface area contributed by atoms with Crippen LogP contribution in [-0.4, -0.2) is 6.98 Å². The second kappa shape index (κ2) is 3.59. The molecule has 1 aromatic carbocycles. The normalized spacial score (nSPS) is 15.5. The Labute approximate surface area is 70.2 Å². The van der Waals surface area contributed by atoms with Crippen LogP contribution < -0.4 is 5.32 Å². The zero-order valence-electron chi connectivity index (χ0n) is 8.39. The highest BCUT2D eigenvalue weighted by Crippen LogP contribution is 2.13. The van der Waals surface area contributed by atoms with Crippen molar-refractivity contribution in [2.24, 2.45) is 0 Å². The zero-order valence-corrected chi connectivity index (χ0v) is 6.15. The van der Waals surface area contributed by atoms with Crippen LogP contribution in [0.4, 0.5) is 0 Å². The maximum atomic E-state index is 6.93. The summed E-state index contributed by atoms with van der Waals surface area (Å²) in [6, 6.07) is 7.16. The molecule has 0 spiro atoms. The van der Waals surface area contributed by atoms with Gasteiger partial charge in [-0.3, -0.25) is 0 Å². The Morgan fingerprint density at radius 1 is 1.60 bits per heavy atom. The molecule has 54 valence electrons. The number of hydrogen-bond acceptors (Lipinski definition) is 1. The highest BCUT2D eigenvalue weighted by atomic mass is 35.5. The van der Waals surface area contributed by atoms with E-state index >= 15 is 0 Å². The molecule has 2 heteroatoms. The van der Waals surface area contributed by atoms with Gasteiger partial charge in [-0.2, -0.15) is 0 Å². The van der Waals surface area contributed by atoms with Gasteiger partial charge in [0, 0.05) is 15.7 Å². The van der Waals surface area contributed by atoms with Crippen LogP contribution in [0.25, 0.3) is 0 Å². The molecule has 0 fully saturated rings. The van der Waals surface area contributed by atoms with E-state index in [0.29, 0.717) is 5.02 Å². The number of halogens is 1. The quantitative estimate of drug-likeness (QED) is 0.695. The molecule has 0 bridgehead atoms. The van der Waals surface area contributed by atoms with Crippen LogP contribution in [-0.2, 0) is 6.54 Å². The van der Waals surface area contributed by atoms with E-state index in [-0.39, 0.29) is 6.54 Å². The third kappa shape index (κ3) is 1.72. The Kier molecular flexibility index (Phi) is 1.57. The van der Waals surface area contributed by atoms with E-state index < -0.39 is 6.98 Å². The summed E-state index contributed by atoms with van der Waals surface area (Å²) < 4.78 is 20.8. The largest absolute Gasteiger partial charge is 0.316 e. The van der Waals surface area contributed by atoms with E-state index in [0.717, 1.165) is 5.56 Å². The minimum atomic E-state index is -2.11. The van der Waals surface area contributed by atoms with Crippen molar-refractivity contribution in [3.05, 3.63) is 34.9 Å². The van der Waals surface area contributed by atoms with E-state index in [1.807, 2.05) is 6.07 Å². The second-order valence-corrected chi connectivity index (χ2v) is 2.35. The van der Waals surface area contributed by atoms with Crippen molar-refractivity contribution in [3.8, 4) is 0 Å². The van der Waals surface area contributed by atoms with Crippen molar-refractivity contribution in [1.82, 2.24) is 5.32 Å². The van der Waals surface area contributed by atoms with Gasteiger partial charge in [0.2, 0.25) is 0 Å². The standard InChI is InChI=1S/C8H10ClN/c1-10-6-7-4-2-3-5-8(7)9/h2-5,10H,6H2,1H3/i1D3. The van der Waals surface area contributed by atoms with Gasteiger partial charge in [-0.25, -0.2) is 0 Å². The highest BCUT2D eigenvalue weighted by molar-refractivity contribution is 6.31. The van der Waals surface area contributed by atoms with Gasteiger partial charge in [-0.15, -0.1) is 0 Å². The van der Waals surface area contributed by atoms with Crippen molar-refractivity contribution in [2.45, 2.75) is 6.54 Å².